The minimum absolute atomic E-state index is 0.0192. The van der Waals surface area contributed by atoms with Gasteiger partial charge in [0.25, 0.3) is 0 Å². The maximum absolute atomic E-state index is 8.50. The lowest BCUT2D eigenvalue weighted by Crippen LogP contribution is -2.07. The molecule has 0 aromatic carbocycles. The second-order valence-electron chi connectivity index (χ2n) is 1.94. The zero-order valence-corrected chi connectivity index (χ0v) is 5.49. The van der Waals surface area contributed by atoms with Gasteiger partial charge < -0.3 is 16.6 Å². The van der Waals surface area contributed by atoms with Gasteiger partial charge in [0.05, 0.1) is 13.2 Å². The molecule has 0 radical (unpaired) electrons. The number of rotatable bonds is 2. The van der Waals surface area contributed by atoms with Crippen LogP contribution in [0.15, 0.2) is 6.07 Å². The second-order valence-corrected chi connectivity index (χ2v) is 1.94. The average molecular weight is 142 g/mol. The van der Waals surface area contributed by atoms with E-state index in [1.807, 2.05) is 0 Å². The maximum atomic E-state index is 8.50. The number of aromatic nitrogens is 2. The van der Waals surface area contributed by atoms with Gasteiger partial charge in [-0.3, -0.25) is 0 Å². The van der Waals surface area contributed by atoms with Crippen LogP contribution in [0.1, 0.15) is 0 Å². The number of nitrogen functional groups attached to an aromatic ring is 2. The van der Waals surface area contributed by atoms with Gasteiger partial charge in [-0.1, -0.05) is 0 Å². The molecule has 0 unspecified atom stereocenters. The summed E-state index contributed by atoms with van der Waals surface area (Å²) in [6.07, 6.45) is 0. The van der Waals surface area contributed by atoms with E-state index < -0.39 is 0 Å². The van der Waals surface area contributed by atoms with Gasteiger partial charge in [-0.15, -0.1) is 0 Å². The summed E-state index contributed by atoms with van der Waals surface area (Å²) in [6.45, 7) is 0.411. The van der Waals surface area contributed by atoms with E-state index >= 15 is 0 Å². The summed E-state index contributed by atoms with van der Waals surface area (Å²) < 4.78 is 1.45. The van der Waals surface area contributed by atoms with E-state index in [0.717, 1.165) is 0 Å². The smallest absolute Gasteiger partial charge is 0.147 e. The number of nitrogens with two attached hydrogens (primary N) is 2. The van der Waals surface area contributed by atoms with Gasteiger partial charge in [0.15, 0.2) is 0 Å². The molecule has 5 heteroatoms. The third kappa shape index (κ3) is 1.19. The number of anilines is 2. The Bertz CT molecular complexity index is 219. The Morgan fingerprint density at radius 1 is 1.60 bits per heavy atom. The van der Waals surface area contributed by atoms with E-state index in [-0.39, 0.29) is 6.61 Å². The zero-order valence-electron chi connectivity index (χ0n) is 5.49. The van der Waals surface area contributed by atoms with Crippen LogP contribution in [-0.2, 0) is 6.54 Å². The van der Waals surface area contributed by atoms with Gasteiger partial charge in [0.1, 0.15) is 11.6 Å². The highest BCUT2D eigenvalue weighted by Crippen LogP contribution is 2.06. The molecule has 0 amide bonds. The molecule has 0 aliphatic rings. The number of nitrogens with zero attached hydrogens (tertiary/aromatic N) is 2. The second kappa shape index (κ2) is 2.57. The van der Waals surface area contributed by atoms with Gasteiger partial charge in [-0.2, -0.15) is 5.10 Å². The van der Waals surface area contributed by atoms with E-state index in [9.17, 15) is 0 Å². The molecule has 1 rings (SSSR count). The van der Waals surface area contributed by atoms with Crippen LogP contribution in [-0.4, -0.2) is 21.5 Å². The molecule has 0 spiro atoms. The first kappa shape index (κ1) is 6.88. The van der Waals surface area contributed by atoms with Crippen LogP contribution in [0.5, 0.6) is 0 Å². The third-order valence-electron chi connectivity index (χ3n) is 1.14. The minimum Gasteiger partial charge on any atom is -0.394 e. The quantitative estimate of drug-likeness (QED) is 0.496. The average Bonchev–Trinajstić information content (AvgIpc) is 2.13. The summed E-state index contributed by atoms with van der Waals surface area (Å²) >= 11 is 0. The van der Waals surface area contributed by atoms with Crippen molar-refractivity contribution in [2.24, 2.45) is 0 Å². The summed E-state index contributed by atoms with van der Waals surface area (Å²) in [5, 5.41) is 12.3. The number of hydrogen-bond donors (Lipinski definition) is 3. The van der Waals surface area contributed by atoms with E-state index in [2.05, 4.69) is 5.10 Å². The summed E-state index contributed by atoms with van der Waals surface area (Å²) in [5.74, 6) is 0.859. The normalized spacial score (nSPS) is 10.1. The Kier molecular flexibility index (Phi) is 1.77. The van der Waals surface area contributed by atoms with Crippen LogP contribution in [0.2, 0.25) is 0 Å². The monoisotopic (exact) mass is 142 g/mol. The fourth-order valence-electron chi connectivity index (χ4n) is 0.726. The SMILES string of the molecule is Nc1cc(N)n(CCO)n1. The Morgan fingerprint density at radius 2 is 2.30 bits per heavy atom. The van der Waals surface area contributed by atoms with Crippen molar-refractivity contribution in [3.63, 3.8) is 0 Å². The molecule has 1 aromatic rings. The van der Waals surface area contributed by atoms with Crippen molar-refractivity contribution in [1.82, 2.24) is 9.78 Å². The van der Waals surface area contributed by atoms with Crippen molar-refractivity contribution in [3.05, 3.63) is 6.07 Å². The molecule has 1 aromatic heterocycles. The Balaban J connectivity index is 2.81. The molecule has 5 N–H and O–H groups in total. The van der Waals surface area contributed by atoms with E-state index in [1.165, 1.54) is 4.68 Å². The fraction of sp³-hybridized carbons (Fsp3) is 0.400. The van der Waals surface area contributed by atoms with Crippen molar-refractivity contribution in [3.8, 4) is 0 Å². The van der Waals surface area contributed by atoms with Crippen LogP contribution >= 0.6 is 0 Å². The molecule has 0 saturated heterocycles. The molecule has 56 valence electrons. The van der Waals surface area contributed by atoms with Crippen molar-refractivity contribution >= 4 is 11.6 Å². The Labute approximate surface area is 58.2 Å². The third-order valence-corrected chi connectivity index (χ3v) is 1.14. The molecular formula is C5H10N4O. The van der Waals surface area contributed by atoms with Crippen molar-refractivity contribution in [1.29, 1.82) is 0 Å². The van der Waals surface area contributed by atoms with E-state index in [0.29, 0.717) is 18.2 Å². The summed E-state index contributed by atoms with van der Waals surface area (Å²) in [5.41, 5.74) is 10.8. The molecule has 0 atom stereocenters. The molecular weight excluding hydrogens is 132 g/mol. The van der Waals surface area contributed by atoms with E-state index in [4.69, 9.17) is 16.6 Å². The molecule has 0 aliphatic carbocycles. The molecule has 5 nitrogen and oxygen atoms in total. The van der Waals surface area contributed by atoms with Crippen molar-refractivity contribution in [2.45, 2.75) is 6.54 Å². The maximum Gasteiger partial charge on any atom is 0.147 e. The predicted molar refractivity (Wildman–Crippen MR) is 38.1 cm³/mol. The van der Waals surface area contributed by atoms with Crippen LogP contribution in [0, 0.1) is 0 Å². The van der Waals surface area contributed by atoms with Gasteiger partial charge in [-0.25, -0.2) is 4.68 Å². The van der Waals surface area contributed by atoms with Crippen LogP contribution in [0.25, 0.3) is 0 Å². The van der Waals surface area contributed by atoms with Gasteiger partial charge >= 0.3 is 0 Å². The lowest BCUT2D eigenvalue weighted by Gasteiger charge is -1.97. The highest BCUT2D eigenvalue weighted by atomic mass is 16.3. The first-order valence-corrected chi connectivity index (χ1v) is 2.93. The van der Waals surface area contributed by atoms with Crippen LogP contribution in [0.3, 0.4) is 0 Å². The van der Waals surface area contributed by atoms with Crippen LogP contribution in [0.4, 0.5) is 11.6 Å². The first-order chi connectivity index (χ1) is 4.74. The number of hydrogen-bond acceptors (Lipinski definition) is 4. The Hall–Kier alpha value is -1.23. The minimum atomic E-state index is 0.0192. The fourth-order valence-corrected chi connectivity index (χ4v) is 0.726. The molecule has 0 bridgehead atoms. The van der Waals surface area contributed by atoms with Gasteiger partial charge in [-0.05, 0) is 0 Å². The zero-order chi connectivity index (χ0) is 7.56. The number of aliphatic hydroxyl groups is 1. The summed E-state index contributed by atoms with van der Waals surface area (Å²) in [7, 11) is 0. The van der Waals surface area contributed by atoms with Crippen molar-refractivity contribution in [2.75, 3.05) is 18.1 Å². The Morgan fingerprint density at radius 3 is 2.70 bits per heavy atom. The molecule has 10 heavy (non-hydrogen) atoms. The molecule has 1 heterocycles. The summed E-state index contributed by atoms with van der Waals surface area (Å²) in [6, 6.07) is 1.55. The van der Waals surface area contributed by atoms with Gasteiger partial charge in [0, 0.05) is 6.07 Å². The topological polar surface area (TPSA) is 90.1 Å². The molecule has 0 fully saturated rings. The highest BCUT2D eigenvalue weighted by molar-refractivity contribution is 5.41. The van der Waals surface area contributed by atoms with Crippen molar-refractivity contribution < 1.29 is 5.11 Å². The largest absolute Gasteiger partial charge is 0.394 e. The first-order valence-electron chi connectivity index (χ1n) is 2.93. The standard InChI is InChI=1S/C5H10N4O/c6-4-3-5(7)9(8-4)1-2-10/h3,10H,1-2,7H2,(H2,6,8). The summed E-state index contributed by atoms with van der Waals surface area (Å²) in [4.78, 5) is 0. The number of aliphatic hydroxyl groups excluding tert-OH is 1. The van der Waals surface area contributed by atoms with Crippen LogP contribution < -0.4 is 11.5 Å². The predicted octanol–water partition coefficient (Wildman–Crippen LogP) is -0.960. The highest BCUT2D eigenvalue weighted by Gasteiger charge is 1.98. The molecule has 0 saturated carbocycles. The van der Waals surface area contributed by atoms with E-state index in [1.54, 1.807) is 6.07 Å². The molecule has 0 aliphatic heterocycles. The van der Waals surface area contributed by atoms with Gasteiger partial charge in [0.2, 0.25) is 0 Å². The lowest BCUT2D eigenvalue weighted by atomic mass is 10.6. The lowest BCUT2D eigenvalue weighted by molar-refractivity contribution is 0.270.